The van der Waals surface area contributed by atoms with Crippen LogP contribution in [0.15, 0.2) is 0 Å². The second kappa shape index (κ2) is 7.99. The molecule has 124 valence electrons. The van der Waals surface area contributed by atoms with Crippen LogP contribution in [0.3, 0.4) is 0 Å². The Balaban J connectivity index is 2.28. The van der Waals surface area contributed by atoms with E-state index in [4.69, 9.17) is 4.74 Å². The number of amides is 1. The van der Waals surface area contributed by atoms with Gasteiger partial charge < -0.3 is 15.0 Å². The van der Waals surface area contributed by atoms with Crippen molar-refractivity contribution in [2.45, 2.75) is 65.6 Å². The number of hydrogen-bond donors (Lipinski definition) is 1. The van der Waals surface area contributed by atoms with E-state index in [1.54, 1.807) is 4.90 Å². The van der Waals surface area contributed by atoms with Gasteiger partial charge >= 0.3 is 6.09 Å². The summed E-state index contributed by atoms with van der Waals surface area (Å²) in [4.78, 5) is 16.3. The number of likely N-dealkylation sites (N-methyl/N-ethyl adjacent to an activating group) is 1. The molecule has 1 aliphatic heterocycles. The molecule has 1 atom stereocenters. The molecule has 0 saturated carbocycles. The van der Waals surface area contributed by atoms with Crippen LogP contribution >= 0.6 is 0 Å². The van der Waals surface area contributed by atoms with Gasteiger partial charge in [0.1, 0.15) is 5.60 Å². The van der Waals surface area contributed by atoms with E-state index in [0.717, 1.165) is 13.1 Å². The summed E-state index contributed by atoms with van der Waals surface area (Å²) >= 11 is 0. The topological polar surface area (TPSA) is 44.8 Å². The third kappa shape index (κ3) is 6.66. The summed E-state index contributed by atoms with van der Waals surface area (Å²) < 4.78 is 5.41. The van der Waals surface area contributed by atoms with Gasteiger partial charge in [0.05, 0.1) is 0 Å². The van der Waals surface area contributed by atoms with Crippen molar-refractivity contribution in [2.75, 3.05) is 32.7 Å². The van der Waals surface area contributed by atoms with E-state index in [9.17, 15) is 4.79 Å². The average molecular weight is 299 g/mol. The highest BCUT2D eigenvalue weighted by Gasteiger charge is 2.24. The van der Waals surface area contributed by atoms with Crippen LogP contribution in [0.25, 0.3) is 0 Å². The van der Waals surface area contributed by atoms with E-state index < -0.39 is 5.60 Å². The van der Waals surface area contributed by atoms with E-state index >= 15 is 0 Å². The van der Waals surface area contributed by atoms with E-state index in [2.05, 4.69) is 24.1 Å². The molecule has 0 radical (unpaired) electrons. The number of carbonyl (C=O) groups is 1. The lowest BCUT2D eigenvalue weighted by Gasteiger charge is -2.27. The standard InChI is InChI=1S/C16H33N3O2/c1-7-18(15(20)21-16(4,5)6)11-9-17-14-8-10-19(12-14)13(2)3/h13-14,17H,7-12H2,1-6H3. The van der Waals surface area contributed by atoms with Crippen molar-refractivity contribution in [1.29, 1.82) is 0 Å². The summed E-state index contributed by atoms with van der Waals surface area (Å²) in [6, 6.07) is 1.16. The second-order valence-electron chi connectivity index (χ2n) is 7.09. The molecular weight excluding hydrogens is 266 g/mol. The molecular formula is C16H33N3O2. The molecule has 1 fully saturated rings. The number of likely N-dealkylation sites (tertiary alicyclic amines) is 1. The molecule has 1 unspecified atom stereocenters. The van der Waals surface area contributed by atoms with Gasteiger partial charge in [-0.2, -0.15) is 0 Å². The Morgan fingerprint density at radius 2 is 2.10 bits per heavy atom. The highest BCUT2D eigenvalue weighted by molar-refractivity contribution is 5.68. The number of carbonyl (C=O) groups excluding carboxylic acids is 1. The molecule has 1 amide bonds. The molecule has 5 heteroatoms. The Morgan fingerprint density at radius 3 is 2.57 bits per heavy atom. The smallest absolute Gasteiger partial charge is 0.410 e. The van der Waals surface area contributed by atoms with Crippen molar-refractivity contribution in [3.05, 3.63) is 0 Å². The van der Waals surface area contributed by atoms with Crippen LogP contribution in [0.1, 0.15) is 48.0 Å². The molecule has 0 aromatic carbocycles. The normalized spacial score (nSPS) is 20.0. The summed E-state index contributed by atoms with van der Waals surface area (Å²) in [5.41, 5.74) is -0.429. The first-order valence-corrected chi connectivity index (χ1v) is 8.18. The number of rotatable bonds is 6. The van der Waals surface area contributed by atoms with Crippen molar-refractivity contribution < 1.29 is 9.53 Å². The van der Waals surface area contributed by atoms with Crippen molar-refractivity contribution in [3.63, 3.8) is 0 Å². The fraction of sp³-hybridized carbons (Fsp3) is 0.938. The lowest BCUT2D eigenvalue weighted by atomic mass is 10.2. The Morgan fingerprint density at radius 1 is 1.43 bits per heavy atom. The van der Waals surface area contributed by atoms with Crippen LogP contribution < -0.4 is 5.32 Å². The summed E-state index contributed by atoms with van der Waals surface area (Å²) in [6.45, 7) is 16.6. The van der Waals surface area contributed by atoms with Crippen LogP contribution in [0.5, 0.6) is 0 Å². The molecule has 1 rings (SSSR count). The fourth-order valence-corrected chi connectivity index (χ4v) is 2.53. The van der Waals surface area contributed by atoms with E-state index in [1.807, 2.05) is 27.7 Å². The number of nitrogens with zero attached hydrogens (tertiary/aromatic N) is 2. The van der Waals surface area contributed by atoms with Crippen molar-refractivity contribution in [2.24, 2.45) is 0 Å². The van der Waals surface area contributed by atoms with Gasteiger partial charge in [-0.3, -0.25) is 4.90 Å². The summed E-state index contributed by atoms with van der Waals surface area (Å²) in [6.07, 6.45) is 0.971. The number of hydrogen-bond acceptors (Lipinski definition) is 4. The van der Waals surface area contributed by atoms with Gasteiger partial charge in [0.25, 0.3) is 0 Å². The zero-order valence-corrected chi connectivity index (χ0v) is 14.6. The zero-order valence-electron chi connectivity index (χ0n) is 14.6. The lowest BCUT2D eigenvalue weighted by Crippen LogP contribution is -2.43. The third-order valence-electron chi connectivity index (χ3n) is 3.80. The Labute approximate surface area is 130 Å². The van der Waals surface area contributed by atoms with Gasteiger partial charge in [-0.1, -0.05) is 0 Å². The van der Waals surface area contributed by atoms with Crippen LogP contribution in [0, 0.1) is 0 Å². The number of ether oxygens (including phenoxy) is 1. The van der Waals surface area contributed by atoms with Crippen molar-refractivity contribution >= 4 is 6.09 Å². The third-order valence-corrected chi connectivity index (χ3v) is 3.80. The first-order chi connectivity index (χ1) is 9.73. The van der Waals surface area contributed by atoms with Gasteiger partial charge in [0, 0.05) is 38.3 Å². The molecule has 0 aromatic heterocycles. The Hall–Kier alpha value is -0.810. The summed E-state index contributed by atoms with van der Waals surface area (Å²) in [5, 5.41) is 3.56. The van der Waals surface area contributed by atoms with Gasteiger partial charge in [0.15, 0.2) is 0 Å². The minimum atomic E-state index is -0.429. The molecule has 5 nitrogen and oxygen atoms in total. The van der Waals surface area contributed by atoms with E-state index in [-0.39, 0.29) is 6.09 Å². The van der Waals surface area contributed by atoms with Crippen LogP contribution in [-0.4, -0.2) is 66.3 Å². The monoisotopic (exact) mass is 299 g/mol. The maximum absolute atomic E-state index is 12.0. The molecule has 1 N–H and O–H groups in total. The highest BCUT2D eigenvalue weighted by atomic mass is 16.6. The quantitative estimate of drug-likeness (QED) is 0.817. The first kappa shape index (κ1) is 18.2. The van der Waals surface area contributed by atoms with Gasteiger partial charge in [0.2, 0.25) is 0 Å². The molecule has 0 bridgehead atoms. The van der Waals surface area contributed by atoms with Crippen LogP contribution in [0.4, 0.5) is 4.79 Å². The minimum Gasteiger partial charge on any atom is -0.444 e. The first-order valence-electron chi connectivity index (χ1n) is 8.18. The Kier molecular flexibility index (Phi) is 6.94. The number of nitrogens with one attached hydrogen (secondary N) is 1. The fourth-order valence-electron chi connectivity index (χ4n) is 2.53. The van der Waals surface area contributed by atoms with Crippen molar-refractivity contribution in [3.8, 4) is 0 Å². The van der Waals surface area contributed by atoms with Crippen LogP contribution in [-0.2, 0) is 4.74 Å². The second-order valence-corrected chi connectivity index (χ2v) is 7.09. The van der Waals surface area contributed by atoms with Gasteiger partial charge in [-0.05, 0) is 54.5 Å². The van der Waals surface area contributed by atoms with Crippen molar-refractivity contribution in [1.82, 2.24) is 15.1 Å². The zero-order chi connectivity index (χ0) is 16.0. The molecule has 21 heavy (non-hydrogen) atoms. The predicted molar refractivity (Wildman–Crippen MR) is 86.6 cm³/mol. The van der Waals surface area contributed by atoms with Gasteiger partial charge in [-0.25, -0.2) is 4.79 Å². The highest BCUT2D eigenvalue weighted by Crippen LogP contribution is 2.12. The van der Waals surface area contributed by atoms with E-state index in [0.29, 0.717) is 25.2 Å². The average Bonchev–Trinajstić information content (AvgIpc) is 2.81. The molecule has 1 saturated heterocycles. The van der Waals surface area contributed by atoms with Crippen LogP contribution in [0.2, 0.25) is 0 Å². The van der Waals surface area contributed by atoms with Gasteiger partial charge in [-0.15, -0.1) is 0 Å². The maximum Gasteiger partial charge on any atom is 0.410 e. The lowest BCUT2D eigenvalue weighted by molar-refractivity contribution is 0.0261. The molecule has 1 aliphatic rings. The SMILES string of the molecule is CCN(CCNC1CCN(C(C)C)C1)C(=O)OC(C)(C)C. The predicted octanol–water partition coefficient (Wildman–Crippen LogP) is 2.32. The molecule has 0 aliphatic carbocycles. The maximum atomic E-state index is 12.0. The molecule has 0 aromatic rings. The molecule has 0 spiro atoms. The molecule has 1 heterocycles. The summed E-state index contributed by atoms with van der Waals surface area (Å²) in [5.74, 6) is 0. The Bertz CT molecular complexity index is 326. The largest absolute Gasteiger partial charge is 0.444 e. The van der Waals surface area contributed by atoms with E-state index in [1.165, 1.54) is 13.0 Å². The summed E-state index contributed by atoms with van der Waals surface area (Å²) in [7, 11) is 0. The minimum absolute atomic E-state index is 0.220.